The normalized spacial score (nSPS) is 11.8. The van der Waals surface area contributed by atoms with Gasteiger partial charge in [0.2, 0.25) is 0 Å². The lowest BCUT2D eigenvalue weighted by molar-refractivity contribution is 0.269. The van der Waals surface area contributed by atoms with E-state index in [1.165, 1.54) is 11.1 Å². The minimum Gasteiger partial charge on any atom is -0.490 e. The molecule has 3 aromatic rings. The summed E-state index contributed by atoms with van der Waals surface area (Å²) in [6, 6.07) is 24.8. The zero-order valence-electron chi connectivity index (χ0n) is 17.7. The van der Waals surface area contributed by atoms with Crippen LogP contribution in [-0.2, 0) is 13.2 Å². The minimum absolute atomic E-state index is 0.338. The van der Waals surface area contributed by atoms with Crippen molar-refractivity contribution < 1.29 is 9.47 Å². The van der Waals surface area contributed by atoms with Crippen LogP contribution in [0.5, 0.6) is 11.5 Å². The monoisotopic (exact) mass is 423 g/mol. The van der Waals surface area contributed by atoms with Crippen LogP contribution in [0.15, 0.2) is 72.8 Å². The van der Waals surface area contributed by atoms with Gasteiger partial charge in [0, 0.05) is 17.6 Å². The lowest BCUT2D eigenvalue weighted by Gasteiger charge is -2.19. The van der Waals surface area contributed by atoms with Crippen LogP contribution < -0.4 is 14.8 Å². The predicted molar refractivity (Wildman–Crippen MR) is 124 cm³/mol. The van der Waals surface area contributed by atoms with Crippen LogP contribution >= 0.6 is 11.6 Å². The molecule has 0 heterocycles. The molecule has 1 unspecified atom stereocenters. The van der Waals surface area contributed by atoms with Gasteiger partial charge >= 0.3 is 0 Å². The molecule has 0 amide bonds. The summed E-state index contributed by atoms with van der Waals surface area (Å²) in [5.41, 5.74) is 3.53. The molecular formula is C26H30ClNO2. The standard InChI is InChI=1S/C26H30ClNO2/c1-3-9-24(22-11-6-5-7-12-22)28-18-20-14-15-25(26(17-20)29-4-2)30-19-21-10-8-13-23(27)16-21/h5-8,10-17,24,28H,3-4,9,18-19H2,1-2H3. The summed E-state index contributed by atoms with van der Waals surface area (Å²) in [5, 5.41) is 4.41. The maximum absolute atomic E-state index is 6.07. The first-order valence-corrected chi connectivity index (χ1v) is 11.0. The number of hydrogen-bond donors (Lipinski definition) is 1. The smallest absolute Gasteiger partial charge is 0.161 e. The van der Waals surface area contributed by atoms with Crippen molar-refractivity contribution in [2.45, 2.75) is 45.9 Å². The molecule has 158 valence electrons. The van der Waals surface area contributed by atoms with Crippen LogP contribution in [-0.4, -0.2) is 6.61 Å². The summed E-state index contributed by atoms with van der Waals surface area (Å²) < 4.78 is 11.9. The first-order chi connectivity index (χ1) is 14.7. The molecule has 3 aromatic carbocycles. The molecule has 4 heteroatoms. The molecule has 0 spiro atoms. The van der Waals surface area contributed by atoms with Gasteiger partial charge in [-0.1, -0.05) is 73.5 Å². The van der Waals surface area contributed by atoms with Gasteiger partial charge in [0.15, 0.2) is 11.5 Å². The van der Waals surface area contributed by atoms with Gasteiger partial charge in [-0.15, -0.1) is 0 Å². The molecule has 1 atom stereocenters. The Morgan fingerprint density at radius 1 is 0.833 bits per heavy atom. The largest absolute Gasteiger partial charge is 0.490 e. The highest BCUT2D eigenvalue weighted by Gasteiger charge is 2.12. The van der Waals surface area contributed by atoms with Crippen molar-refractivity contribution in [3.63, 3.8) is 0 Å². The molecule has 3 rings (SSSR count). The molecule has 0 aliphatic rings. The summed E-state index contributed by atoms with van der Waals surface area (Å²) in [5.74, 6) is 1.51. The highest BCUT2D eigenvalue weighted by molar-refractivity contribution is 6.30. The van der Waals surface area contributed by atoms with Crippen molar-refractivity contribution in [2.75, 3.05) is 6.61 Å². The zero-order valence-corrected chi connectivity index (χ0v) is 18.5. The van der Waals surface area contributed by atoms with E-state index in [9.17, 15) is 0 Å². The van der Waals surface area contributed by atoms with E-state index >= 15 is 0 Å². The molecule has 0 bridgehead atoms. The fourth-order valence-corrected chi connectivity index (χ4v) is 3.65. The number of hydrogen-bond acceptors (Lipinski definition) is 3. The molecule has 0 radical (unpaired) electrons. The molecule has 0 saturated heterocycles. The summed E-state index contributed by atoms with van der Waals surface area (Å²) in [6.07, 6.45) is 2.23. The van der Waals surface area contributed by atoms with Gasteiger partial charge in [-0.2, -0.15) is 0 Å². The van der Waals surface area contributed by atoms with Crippen LogP contribution in [0.4, 0.5) is 0 Å². The lowest BCUT2D eigenvalue weighted by Crippen LogP contribution is -2.20. The van der Waals surface area contributed by atoms with E-state index in [1.54, 1.807) is 0 Å². The third kappa shape index (κ3) is 6.51. The van der Waals surface area contributed by atoms with Gasteiger partial charge in [0.05, 0.1) is 6.61 Å². The Morgan fingerprint density at radius 2 is 1.67 bits per heavy atom. The fourth-order valence-electron chi connectivity index (χ4n) is 3.44. The molecule has 30 heavy (non-hydrogen) atoms. The first-order valence-electron chi connectivity index (χ1n) is 10.6. The van der Waals surface area contributed by atoms with E-state index in [2.05, 4.69) is 54.7 Å². The summed E-state index contributed by atoms with van der Waals surface area (Å²) >= 11 is 6.07. The quantitative estimate of drug-likeness (QED) is 0.362. The molecule has 3 nitrogen and oxygen atoms in total. The Labute approximate surface area is 185 Å². The Kier molecular flexibility index (Phi) is 8.61. The van der Waals surface area contributed by atoms with Crippen molar-refractivity contribution in [2.24, 2.45) is 0 Å². The lowest BCUT2D eigenvalue weighted by atomic mass is 10.0. The fraction of sp³-hybridized carbons (Fsp3) is 0.308. The SMILES string of the molecule is CCCC(NCc1ccc(OCc2cccc(Cl)c2)c(OCC)c1)c1ccccc1. The maximum Gasteiger partial charge on any atom is 0.161 e. The van der Waals surface area contributed by atoms with Gasteiger partial charge in [0.1, 0.15) is 6.61 Å². The number of rotatable bonds is 11. The minimum atomic E-state index is 0.338. The molecule has 0 saturated carbocycles. The first kappa shape index (κ1) is 22.2. The van der Waals surface area contributed by atoms with E-state index in [4.69, 9.17) is 21.1 Å². The number of ether oxygens (including phenoxy) is 2. The van der Waals surface area contributed by atoms with Gasteiger partial charge in [-0.25, -0.2) is 0 Å². The average molecular weight is 424 g/mol. The van der Waals surface area contributed by atoms with Gasteiger partial charge < -0.3 is 14.8 Å². The highest BCUT2D eigenvalue weighted by Crippen LogP contribution is 2.30. The third-order valence-electron chi connectivity index (χ3n) is 4.92. The van der Waals surface area contributed by atoms with E-state index in [1.807, 2.05) is 37.3 Å². The topological polar surface area (TPSA) is 30.5 Å². The zero-order chi connectivity index (χ0) is 21.2. The van der Waals surface area contributed by atoms with Crippen LogP contribution in [0.2, 0.25) is 5.02 Å². The Bertz CT molecular complexity index is 914. The second-order valence-electron chi connectivity index (χ2n) is 7.27. The Hall–Kier alpha value is -2.49. The summed E-state index contributed by atoms with van der Waals surface area (Å²) in [7, 11) is 0. The van der Waals surface area contributed by atoms with Crippen molar-refractivity contribution in [1.29, 1.82) is 0 Å². The molecule has 0 aliphatic heterocycles. The van der Waals surface area contributed by atoms with Gasteiger partial charge in [-0.3, -0.25) is 0 Å². The Balaban J connectivity index is 1.67. The van der Waals surface area contributed by atoms with E-state index in [0.717, 1.165) is 36.4 Å². The molecule has 1 N–H and O–H groups in total. The average Bonchev–Trinajstić information content (AvgIpc) is 2.77. The Morgan fingerprint density at radius 3 is 2.40 bits per heavy atom. The highest BCUT2D eigenvalue weighted by atomic mass is 35.5. The third-order valence-corrected chi connectivity index (χ3v) is 5.16. The predicted octanol–water partition coefficient (Wildman–Crippen LogP) is 6.95. The second kappa shape index (κ2) is 11.6. The van der Waals surface area contributed by atoms with E-state index in [0.29, 0.717) is 24.3 Å². The van der Waals surface area contributed by atoms with Crippen LogP contribution in [0, 0.1) is 0 Å². The second-order valence-corrected chi connectivity index (χ2v) is 7.70. The molecule has 0 fully saturated rings. The van der Waals surface area contributed by atoms with Crippen molar-refractivity contribution in [1.82, 2.24) is 5.32 Å². The summed E-state index contributed by atoms with van der Waals surface area (Å²) in [4.78, 5) is 0. The number of halogens is 1. The number of benzene rings is 3. The van der Waals surface area contributed by atoms with E-state index in [-0.39, 0.29) is 0 Å². The summed E-state index contributed by atoms with van der Waals surface area (Å²) in [6.45, 7) is 6.02. The van der Waals surface area contributed by atoms with Gasteiger partial charge in [-0.05, 0) is 54.3 Å². The van der Waals surface area contributed by atoms with Crippen LogP contribution in [0.25, 0.3) is 0 Å². The van der Waals surface area contributed by atoms with Gasteiger partial charge in [0.25, 0.3) is 0 Å². The molecule has 0 aromatic heterocycles. The van der Waals surface area contributed by atoms with Crippen molar-refractivity contribution in [3.8, 4) is 11.5 Å². The van der Waals surface area contributed by atoms with Crippen LogP contribution in [0.3, 0.4) is 0 Å². The van der Waals surface area contributed by atoms with Crippen molar-refractivity contribution in [3.05, 3.63) is 94.5 Å². The van der Waals surface area contributed by atoms with E-state index < -0.39 is 0 Å². The number of nitrogens with one attached hydrogen (secondary N) is 1. The van der Waals surface area contributed by atoms with Crippen molar-refractivity contribution >= 4 is 11.6 Å². The molecule has 0 aliphatic carbocycles. The van der Waals surface area contributed by atoms with Crippen LogP contribution in [0.1, 0.15) is 49.4 Å². The molecular weight excluding hydrogens is 394 g/mol. The maximum atomic E-state index is 6.07.